The number of nitrogens with one attached hydrogen (secondary N) is 2. The molecule has 4 rings (SSSR count). The summed E-state index contributed by atoms with van der Waals surface area (Å²) in [6.45, 7) is 3.29. The highest BCUT2D eigenvalue weighted by Gasteiger charge is 2.33. The Bertz CT molecular complexity index is 1220. The van der Waals surface area contributed by atoms with E-state index in [2.05, 4.69) is 26.2 Å². The average molecular weight is 551 g/mol. The lowest BCUT2D eigenvalue weighted by atomic mass is 10.1. The summed E-state index contributed by atoms with van der Waals surface area (Å²) in [5.41, 5.74) is 2.03. The van der Waals surface area contributed by atoms with Crippen LogP contribution in [0.25, 0.3) is 0 Å². The van der Waals surface area contributed by atoms with Gasteiger partial charge in [0.25, 0.3) is 0 Å². The van der Waals surface area contributed by atoms with E-state index in [1.54, 1.807) is 24.4 Å². The zero-order chi connectivity index (χ0) is 25.2. The quantitative estimate of drug-likeness (QED) is 0.426. The highest BCUT2D eigenvalue weighted by Crippen LogP contribution is 2.38. The number of methoxy groups -OCH3 is 1. The zero-order valence-corrected chi connectivity index (χ0v) is 20.7. The molecule has 0 amide bonds. The largest absolute Gasteiger partial charge is 0.480 e. The summed E-state index contributed by atoms with van der Waals surface area (Å²) in [6.07, 6.45) is -2.76. The molecule has 1 aliphatic heterocycles. The van der Waals surface area contributed by atoms with Gasteiger partial charge >= 0.3 is 12.1 Å². The molecule has 0 spiro atoms. The van der Waals surface area contributed by atoms with E-state index in [-0.39, 0.29) is 6.04 Å². The molecule has 1 aliphatic rings. The van der Waals surface area contributed by atoms with Gasteiger partial charge in [0.15, 0.2) is 11.6 Å². The summed E-state index contributed by atoms with van der Waals surface area (Å²) in [5.74, 6) is 0.783. The van der Waals surface area contributed by atoms with Crippen LogP contribution in [0.3, 0.4) is 0 Å². The number of alkyl halides is 3. The van der Waals surface area contributed by atoms with Gasteiger partial charge in [0.1, 0.15) is 19.7 Å². The number of halogens is 4. The van der Waals surface area contributed by atoms with E-state index >= 15 is 0 Å². The highest BCUT2D eigenvalue weighted by atomic mass is 79.9. The first-order valence-electron chi connectivity index (χ1n) is 10.9. The summed E-state index contributed by atoms with van der Waals surface area (Å²) < 4.78 is 51.0. The monoisotopic (exact) mass is 550 g/mol. The smallest absolute Gasteiger partial charge is 0.416 e. The lowest BCUT2D eigenvalue weighted by Crippen LogP contribution is -3.07. The summed E-state index contributed by atoms with van der Waals surface area (Å²) >= 11 is 3.49. The van der Waals surface area contributed by atoms with Gasteiger partial charge in [-0.05, 0) is 52.7 Å². The highest BCUT2D eigenvalue weighted by molar-refractivity contribution is 9.10. The standard InChI is InChI=1S/C25H23BrF3N3O3/c1-15(17-6-8-18(9-7-17)24(33)34-2)31-23-21-22(20(26)13-30-23)35-11-10-32(21)14-16-4-3-5-19(12-16)25(27,28)29/h3-9,12-13,15H,10-11,14H2,1-2H3,(H,30,31)/p+1/t15-/m0/s1. The molecule has 184 valence electrons. The minimum atomic E-state index is -4.40. The number of carbonyl (C=O) groups excluding carboxylic acids is 1. The van der Waals surface area contributed by atoms with Crippen molar-refractivity contribution >= 4 is 33.4 Å². The van der Waals surface area contributed by atoms with Crippen LogP contribution in [0.5, 0.6) is 5.75 Å². The van der Waals surface area contributed by atoms with Crippen LogP contribution >= 0.6 is 15.9 Å². The van der Waals surface area contributed by atoms with Crippen LogP contribution in [-0.2, 0) is 17.5 Å². The lowest BCUT2D eigenvalue weighted by molar-refractivity contribution is -0.850. The number of nitrogens with zero attached hydrogens (tertiary/aromatic N) is 1. The Balaban J connectivity index is 1.62. The SMILES string of the molecule is COC(=O)c1ccc([C@H](C)Nc2ncc(Br)c3c2[NH+](Cc2cccc(C(F)(F)F)c2)CCO3)cc1. The van der Waals surface area contributed by atoms with E-state index in [1.807, 2.05) is 19.1 Å². The third-order valence-electron chi connectivity index (χ3n) is 5.85. The molecule has 3 aromatic rings. The van der Waals surface area contributed by atoms with Crippen LogP contribution in [0.15, 0.2) is 59.2 Å². The molecule has 6 nitrogen and oxygen atoms in total. The number of carbonyl (C=O) groups is 1. The molecule has 1 aromatic heterocycles. The maximum atomic E-state index is 13.2. The molecule has 1 unspecified atom stereocenters. The number of fused-ring (bicyclic) bond motifs is 1. The van der Waals surface area contributed by atoms with Crippen LogP contribution in [0.1, 0.15) is 40.0 Å². The van der Waals surface area contributed by atoms with Gasteiger partial charge in [-0.15, -0.1) is 0 Å². The van der Waals surface area contributed by atoms with Gasteiger partial charge in [-0.25, -0.2) is 9.78 Å². The lowest BCUT2D eigenvalue weighted by Gasteiger charge is -2.29. The fourth-order valence-electron chi connectivity index (χ4n) is 4.05. The molecule has 10 heteroatoms. The Labute approximate surface area is 209 Å². The molecule has 0 saturated heterocycles. The van der Waals surface area contributed by atoms with Crippen molar-refractivity contribution in [2.24, 2.45) is 0 Å². The Kier molecular flexibility index (Phi) is 7.32. The minimum absolute atomic E-state index is 0.170. The van der Waals surface area contributed by atoms with E-state index in [9.17, 15) is 18.0 Å². The first-order valence-corrected chi connectivity index (χ1v) is 11.7. The zero-order valence-electron chi connectivity index (χ0n) is 19.1. The van der Waals surface area contributed by atoms with Gasteiger partial charge in [-0.3, -0.25) is 4.90 Å². The van der Waals surface area contributed by atoms with Gasteiger partial charge in [0.05, 0.1) is 28.8 Å². The van der Waals surface area contributed by atoms with Crippen LogP contribution in [0, 0.1) is 0 Å². The summed E-state index contributed by atoms with van der Waals surface area (Å²) in [5, 5.41) is 3.40. The fraction of sp³-hybridized carbons (Fsp3) is 0.280. The Morgan fingerprint density at radius 1 is 1.26 bits per heavy atom. The molecular weight excluding hydrogens is 527 g/mol. The van der Waals surface area contributed by atoms with Gasteiger partial charge in [-0.1, -0.05) is 24.3 Å². The minimum Gasteiger partial charge on any atom is -0.480 e. The number of rotatable bonds is 6. The number of ether oxygens (including phenoxy) is 2. The maximum absolute atomic E-state index is 13.2. The number of hydrogen-bond donors (Lipinski definition) is 2. The van der Waals surface area contributed by atoms with Gasteiger partial charge in [0.2, 0.25) is 5.69 Å². The second-order valence-electron chi connectivity index (χ2n) is 8.22. The first-order chi connectivity index (χ1) is 16.7. The number of hydrogen-bond acceptors (Lipinski definition) is 5. The second-order valence-corrected chi connectivity index (χ2v) is 9.07. The molecule has 2 N–H and O–H groups in total. The number of quaternary nitrogens is 1. The number of pyridine rings is 1. The molecule has 0 radical (unpaired) electrons. The average Bonchev–Trinajstić information content (AvgIpc) is 2.85. The van der Waals surface area contributed by atoms with Crippen molar-refractivity contribution in [2.75, 3.05) is 25.6 Å². The van der Waals surface area contributed by atoms with Gasteiger partial charge < -0.3 is 14.8 Å². The predicted octanol–water partition coefficient (Wildman–Crippen LogP) is 4.93. The molecular formula is C25H24BrF3N3O3+. The van der Waals surface area contributed by atoms with Crippen molar-refractivity contribution in [3.63, 3.8) is 0 Å². The predicted molar refractivity (Wildman–Crippen MR) is 128 cm³/mol. The Morgan fingerprint density at radius 2 is 2.00 bits per heavy atom. The van der Waals surface area contributed by atoms with Crippen LogP contribution in [0.2, 0.25) is 0 Å². The number of esters is 1. The molecule has 0 bridgehead atoms. The number of aromatic nitrogens is 1. The number of benzene rings is 2. The van der Waals surface area contributed by atoms with Crippen LogP contribution in [-0.4, -0.2) is 31.2 Å². The number of anilines is 1. The second kappa shape index (κ2) is 10.2. The van der Waals surface area contributed by atoms with Crippen molar-refractivity contribution in [2.45, 2.75) is 25.7 Å². The van der Waals surface area contributed by atoms with Crippen molar-refractivity contribution < 1.29 is 32.3 Å². The van der Waals surface area contributed by atoms with Crippen LogP contribution < -0.4 is 15.0 Å². The normalized spacial score (nSPS) is 16.1. The van der Waals surface area contributed by atoms with Crippen molar-refractivity contribution in [1.29, 1.82) is 0 Å². The third-order valence-corrected chi connectivity index (χ3v) is 6.41. The molecule has 35 heavy (non-hydrogen) atoms. The van der Waals surface area contributed by atoms with Crippen molar-refractivity contribution in [1.82, 2.24) is 4.98 Å². The molecule has 2 atom stereocenters. The van der Waals surface area contributed by atoms with Gasteiger partial charge in [0, 0.05) is 11.8 Å². The maximum Gasteiger partial charge on any atom is 0.416 e. The van der Waals surface area contributed by atoms with E-state index < -0.39 is 17.7 Å². The first kappa shape index (κ1) is 25.0. The van der Waals surface area contributed by atoms with Crippen molar-refractivity contribution in [3.05, 3.63) is 81.5 Å². The Hall–Kier alpha value is -3.11. The fourth-order valence-corrected chi connectivity index (χ4v) is 4.46. The van der Waals surface area contributed by atoms with Crippen LogP contribution in [0.4, 0.5) is 24.7 Å². The Morgan fingerprint density at radius 3 is 2.69 bits per heavy atom. The summed E-state index contributed by atoms with van der Waals surface area (Å²) in [6, 6.07) is 12.3. The molecule has 2 heterocycles. The van der Waals surface area contributed by atoms with Crippen molar-refractivity contribution in [3.8, 4) is 5.75 Å². The molecule has 0 aliphatic carbocycles. The summed E-state index contributed by atoms with van der Waals surface area (Å²) in [7, 11) is 1.33. The van der Waals surface area contributed by atoms with E-state index in [0.717, 1.165) is 22.2 Å². The third kappa shape index (κ3) is 5.59. The molecule has 0 fully saturated rings. The van der Waals surface area contributed by atoms with E-state index in [1.165, 1.54) is 19.2 Å². The van der Waals surface area contributed by atoms with E-state index in [4.69, 9.17) is 9.47 Å². The summed E-state index contributed by atoms with van der Waals surface area (Å²) in [4.78, 5) is 17.2. The molecule has 0 saturated carbocycles. The van der Waals surface area contributed by atoms with Gasteiger partial charge in [-0.2, -0.15) is 13.2 Å². The topological polar surface area (TPSA) is 64.9 Å². The van der Waals surface area contributed by atoms with E-state index in [0.29, 0.717) is 46.9 Å². The molecule has 2 aromatic carbocycles.